The van der Waals surface area contributed by atoms with Gasteiger partial charge in [-0.15, -0.1) is 0 Å². The van der Waals surface area contributed by atoms with Crippen LogP contribution in [0.5, 0.6) is 0 Å². The van der Waals surface area contributed by atoms with Crippen molar-refractivity contribution in [2.45, 2.75) is 37.8 Å². The van der Waals surface area contributed by atoms with Crippen LogP contribution in [-0.2, 0) is 16.6 Å². The molecule has 0 radical (unpaired) electrons. The zero-order valence-electron chi connectivity index (χ0n) is 24.8. The highest BCUT2D eigenvalue weighted by Crippen LogP contribution is 2.58. The Balaban J connectivity index is 1.48. The third-order valence-electron chi connectivity index (χ3n) is 9.32. The molecule has 1 amide bonds. The van der Waals surface area contributed by atoms with Crippen molar-refractivity contribution in [3.63, 3.8) is 0 Å². The number of amides is 1. The number of non-ortho nitro benzene ring substituents is 1. The van der Waals surface area contributed by atoms with E-state index in [-0.39, 0.29) is 22.9 Å². The van der Waals surface area contributed by atoms with Crippen molar-refractivity contribution in [2.24, 2.45) is 11.8 Å². The molecule has 4 aromatic rings. The Morgan fingerprint density at radius 1 is 0.911 bits per heavy atom. The lowest BCUT2D eigenvalue weighted by atomic mass is 9.64. The second kappa shape index (κ2) is 10.7. The van der Waals surface area contributed by atoms with Gasteiger partial charge in [0, 0.05) is 34.6 Å². The Hall–Kier alpha value is -5.37. The van der Waals surface area contributed by atoms with E-state index in [2.05, 4.69) is 19.2 Å². The lowest BCUT2D eigenvalue weighted by Gasteiger charge is -2.37. The van der Waals surface area contributed by atoms with Crippen LogP contribution in [0.2, 0.25) is 0 Å². The van der Waals surface area contributed by atoms with E-state index >= 15 is 0 Å². The first-order valence-electron chi connectivity index (χ1n) is 15.1. The fourth-order valence-electron chi connectivity index (χ4n) is 7.52. The van der Waals surface area contributed by atoms with Crippen LogP contribution in [0.1, 0.15) is 51.3 Å². The number of fused-ring (bicyclic) bond motifs is 6. The summed E-state index contributed by atoms with van der Waals surface area (Å²) in [6, 6.07) is 26.1. The molecule has 0 aromatic heterocycles. The number of ketones is 2. The van der Waals surface area contributed by atoms with Crippen LogP contribution in [-0.4, -0.2) is 34.5 Å². The molecule has 0 aliphatic carbocycles. The van der Waals surface area contributed by atoms with Crippen LogP contribution in [0.15, 0.2) is 103 Å². The molecule has 1 fully saturated rings. The molecule has 3 heterocycles. The number of nitro benzene ring substituents is 1. The Kier molecular flexibility index (Phi) is 6.73. The molecule has 224 valence electrons. The Morgan fingerprint density at radius 3 is 2.40 bits per heavy atom. The van der Waals surface area contributed by atoms with Crippen LogP contribution >= 0.6 is 0 Å². The quantitative estimate of drug-likeness (QED) is 0.145. The summed E-state index contributed by atoms with van der Waals surface area (Å²) in [6.45, 7) is 4.26. The smallest absolute Gasteiger partial charge is 0.270 e. The Bertz CT molecular complexity index is 1910. The van der Waals surface area contributed by atoms with E-state index in [0.717, 1.165) is 17.5 Å². The number of hydrogen-bond donors (Lipinski definition) is 1. The molecule has 4 aromatic carbocycles. The lowest BCUT2D eigenvalue weighted by molar-refractivity contribution is -0.384. The molecule has 0 saturated carbocycles. The van der Waals surface area contributed by atoms with Gasteiger partial charge in [0.15, 0.2) is 11.6 Å². The molecular weight excluding hydrogens is 566 g/mol. The molecular formula is C37H31N3O5. The SMILES string of the molecule is CC(C)Cc1ccc(C(=O)[C@@H]2[C@@H](C(=O)c3cccc([N+](=O)[O-])c3)N3c4ccccc4C=C[C@@H]3[C@]23C(=O)Nc2ccccc23)cc1. The normalized spacial score (nSPS) is 22.6. The van der Waals surface area contributed by atoms with Crippen molar-refractivity contribution in [3.05, 3.63) is 141 Å². The predicted molar refractivity (Wildman–Crippen MR) is 173 cm³/mol. The second-order valence-electron chi connectivity index (χ2n) is 12.4. The van der Waals surface area contributed by atoms with Crippen LogP contribution in [0.25, 0.3) is 6.08 Å². The van der Waals surface area contributed by atoms with E-state index in [9.17, 15) is 24.5 Å². The van der Waals surface area contributed by atoms with E-state index in [1.54, 1.807) is 12.1 Å². The van der Waals surface area contributed by atoms with Gasteiger partial charge in [0.25, 0.3) is 5.69 Å². The maximum absolute atomic E-state index is 15.0. The average Bonchev–Trinajstić information content (AvgIpc) is 3.52. The Morgan fingerprint density at radius 2 is 1.64 bits per heavy atom. The largest absolute Gasteiger partial charge is 0.352 e. The number of nitro groups is 1. The number of anilines is 2. The van der Waals surface area contributed by atoms with Crippen molar-refractivity contribution >= 4 is 40.6 Å². The van der Waals surface area contributed by atoms with Gasteiger partial charge in [0.05, 0.1) is 16.9 Å². The molecule has 45 heavy (non-hydrogen) atoms. The van der Waals surface area contributed by atoms with Gasteiger partial charge in [0.2, 0.25) is 5.91 Å². The van der Waals surface area contributed by atoms with Gasteiger partial charge in [-0.1, -0.05) is 98.8 Å². The number of benzene rings is 4. The van der Waals surface area contributed by atoms with Gasteiger partial charge in [-0.05, 0) is 41.2 Å². The van der Waals surface area contributed by atoms with Crippen LogP contribution < -0.4 is 10.2 Å². The topological polar surface area (TPSA) is 110 Å². The summed E-state index contributed by atoms with van der Waals surface area (Å²) in [6.07, 6.45) is 4.70. The summed E-state index contributed by atoms with van der Waals surface area (Å²) in [7, 11) is 0. The second-order valence-corrected chi connectivity index (χ2v) is 12.4. The molecule has 0 unspecified atom stereocenters. The number of carbonyl (C=O) groups excluding carboxylic acids is 3. The molecule has 4 atom stereocenters. The van der Waals surface area contributed by atoms with Crippen molar-refractivity contribution in [3.8, 4) is 0 Å². The van der Waals surface area contributed by atoms with E-state index in [4.69, 9.17) is 0 Å². The molecule has 8 nitrogen and oxygen atoms in total. The number of carbonyl (C=O) groups is 3. The third-order valence-corrected chi connectivity index (χ3v) is 9.32. The number of Topliss-reactive ketones (excluding diaryl/α,β-unsaturated/α-hetero) is 2. The van der Waals surface area contributed by atoms with E-state index in [1.807, 2.05) is 77.7 Å². The van der Waals surface area contributed by atoms with Gasteiger partial charge in [-0.2, -0.15) is 0 Å². The lowest BCUT2D eigenvalue weighted by Crippen LogP contribution is -2.51. The number of hydrogen-bond acceptors (Lipinski definition) is 6. The van der Waals surface area contributed by atoms with Gasteiger partial charge < -0.3 is 10.2 Å². The molecule has 1 saturated heterocycles. The molecule has 1 spiro atoms. The zero-order chi connectivity index (χ0) is 31.5. The van der Waals surface area contributed by atoms with Crippen molar-refractivity contribution in [2.75, 3.05) is 10.2 Å². The molecule has 1 N–H and O–H groups in total. The van der Waals surface area contributed by atoms with E-state index < -0.39 is 34.1 Å². The molecule has 3 aliphatic rings. The van der Waals surface area contributed by atoms with Gasteiger partial charge in [0.1, 0.15) is 11.5 Å². The fourth-order valence-corrected chi connectivity index (χ4v) is 7.52. The summed E-state index contributed by atoms with van der Waals surface area (Å²) in [4.78, 5) is 57.3. The highest BCUT2D eigenvalue weighted by molar-refractivity contribution is 6.18. The first kappa shape index (κ1) is 28.4. The van der Waals surface area contributed by atoms with Crippen LogP contribution in [0.3, 0.4) is 0 Å². The average molecular weight is 598 g/mol. The van der Waals surface area contributed by atoms with Gasteiger partial charge >= 0.3 is 0 Å². The predicted octanol–water partition coefficient (Wildman–Crippen LogP) is 6.65. The maximum Gasteiger partial charge on any atom is 0.270 e. The standard InChI is InChI=1S/C37H31N3O5/c1-22(2)20-23-14-16-25(17-15-23)34(41)32-33(35(42)26-9-7-10-27(21-26)40(44)45)39-30-13-6-3-8-24(30)18-19-31(39)37(32)28-11-4-5-12-29(28)38-36(37)43/h3-19,21-22,31-33H,20H2,1-2H3,(H,38,43)/t31-,32+,33+,37+/m1/s1. The first-order chi connectivity index (χ1) is 21.7. The highest BCUT2D eigenvalue weighted by Gasteiger charge is 2.70. The molecule has 0 bridgehead atoms. The molecule has 3 aliphatic heterocycles. The van der Waals surface area contributed by atoms with Crippen molar-refractivity contribution in [1.82, 2.24) is 0 Å². The minimum atomic E-state index is -1.45. The number of nitrogens with zero attached hydrogens (tertiary/aromatic N) is 2. The van der Waals surface area contributed by atoms with Gasteiger partial charge in [-0.25, -0.2) is 0 Å². The monoisotopic (exact) mass is 597 g/mol. The summed E-state index contributed by atoms with van der Waals surface area (Å²) in [5.74, 6) is -1.86. The maximum atomic E-state index is 15.0. The number of nitrogens with one attached hydrogen (secondary N) is 1. The summed E-state index contributed by atoms with van der Waals surface area (Å²) >= 11 is 0. The minimum absolute atomic E-state index is 0.105. The number of rotatable bonds is 7. The summed E-state index contributed by atoms with van der Waals surface area (Å²) < 4.78 is 0. The van der Waals surface area contributed by atoms with Crippen molar-refractivity contribution in [1.29, 1.82) is 0 Å². The zero-order valence-corrected chi connectivity index (χ0v) is 24.8. The Labute approximate surface area is 260 Å². The first-order valence-corrected chi connectivity index (χ1v) is 15.1. The number of para-hydroxylation sites is 2. The third kappa shape index (κ3) is 4.31. The van der Waals surface area contributed by atoms with Gasteiger partial charge in [-0.3, -0.25) is 24.5 Å². The van der Waals surface area contributed by atoms with E-state index in [0.29, 0.717) is 28.4 Å². The van der Waals surface area contributed by atoms with E-state index in [1.165, 1.54) is 24.3 Å². The fraction of sp³-hybridized carbons (Fsp3) is 0.216. The van der Waals surface area contributed by atoms with Crippen LogP contribution in [0.4, 0.5) is 17.1 Å². The molecule has 7 rings (SSSR count). The summed E-state index contributed by atoms with van der Waals surface area (Å²) in [5, 5.41) is 14.7. The highest BCUT2D eigenvalue weighted by atomic mass is 16.6. The molecule has 8 heteroatoms. The minimum Gasteiger partial charge on any atom is -0.352 e. The van der Waals surface area contributed by atoms with Crippen molar-refractivity contribution < 1.29 is 19.3 Å². The van der Waals surface area contributed by atoms with Crippen LogP contribution in [0, 0.1) is 22.0 Å². The summed E-state index contributed by atoms with van der Waals surface area (Å²) in [5.41, 5.74) is 2.73.